The van der Waals surface area contributed by atoms with Crippen molar-refractivity contribution < 1.29 is 14.7 Å². The second-order valence-electron chi connectivity index (χ2n) is 4.13. The Morgan fingerprint density at radius 2 is 2.16 bits per heavy atom. The van der Waals surface area contributed by atoms with Gasteiger partial charge in [-0.1, -0.05) is 11.6 Å². The van der Waals surface area contributed by atoms with Crippen LogP contribution in [0.5, 0.6) is 5.75 Å². The Bertz CT molecular complexity index is 631. The van der Waals surface area contributed by atoms with Crippen LogP contribution in [0.15, 0.2) is 24.3 Å². The number of nitrogens with zero attached hydrogens (tertiary/aromatic N) is 1. The first-order valence-electron chi connectivity index (χ1n) is 5.69. The zero-order valence-corrected chi connectivity index (χ0v) is 11.2. The number of halogens is 1. The Hall–Kier alpha value is -1.85. The minimum absolute atomic E-state index is 0.444. The Kier molecular flexibility index (Phi) is 3.87. The molecule has 5 nitrogen and oxygen atoms in total. The van der Waals surface area contributed by atoms with Crippen LogP contribution in [-0.4, -0.2) is 22.2 Å². The molecule has 0 aliphatic rings. The summed E-state index contributed by atoms with van der Waals surface area (Å²) in [6, 6.07) is 7.03. The quantitative estimate of drug-likeness (QED) is 0.669. The molecule has 0 aliphatic carbocycles. The number of amides is 1. The molecule has 0 spiro atoms. The van der Waals surface area contributed by atoms with E-state index in [-0.39, 0.29) is 0 Å². The predicted octanol–water partition coefficient (Wildman–Crippen LogP) is 2.47. The number of hydrogen-bond donors (Lipinski definition) is 2. The number of ether oxygens (including phenoxy) is 1. The highest BCUT2D eigenvalue weighted by molar-refractivity contribution is 6.35. The Labute approximate surface area is 115 Å². The molecule has 1 amide bonds. The van der Waals surface area contributed by atoms with Crippen LogP contribution in [0.1, 0.15) is 12.6 Å². The summed E-state index contributed by atoms with van der Waals surface area (Å²) in [4.78, 5) is 15.6. The largest absolute Gasteiger partial charge is 0.479 e. The van der Waals surface area contributed by atoms with Crippen molar-refractivity contribution in [2.45, 2.75) is 20.0 Å². The topological polar surface area (TPSA) is 71.5 Å². The fraction of sp³-hybridized carbons (Fsp3) is 0.231. The maximum Gasteiger partial charge on any atom is 0.284 e. The van der Waals surface area contributed by atoms with Crippen molar-refractivity contribution in [2.75, 3.05) is 0 Å². The molecular weight excluding hydrogens is 268 g/mol. The molecule has 0 saturated heterocycles. The number of hydrogen-bond acceptors (Lipinski definition) is 4. The van der Waals surface area contributed by atoms with Crippen molar-refractivity contribution in [1.82, 2.24) is 10.5 Å². The van der Waals surface area contributed by atoms with Crippen LogP contribution in [0.2, 0.25) is 5.02 Å². The molecule has 100 valence electrons. The lowest BCUT2D eigenvalue weighted by Crippen LogP contribution is -2.34. The normalized spacial score (nSPS) is 12.2. The van der Waals surface area contributed by atoms with Crippen LogP contribution in [0, 0.1) is 6.92 Å². The molecule has 0 radical (unpaired) electrons. The number of carbonyl (C=O) groups is 1. The number of aryl methyl sites for hydroxylation is 1. The van der Waals surface area contributed by atoms with E-state index in [4.69, 9.17) is 21.5 Å². The van der Waals surface area contributed by atoms with Crippen LogP contribution in [0.3, 0.4) is 0 Å². The summed E-state index contributed by atoms with van der Waals surface area (Å²) < 4.78 is 5.50. The van der Waals surface area contributed by atoms with Crippen molar-refractivity contribution in [1.29, 1.82) is 0 Å². The highest BCUT2D eigenvalue weighted by Gasteiger charge is 2.16. The van der Waals surface area contributed by atoms with E-state index in [1.54, 1.807) is 17.6 Å². The zero-order chi connectivity index (χ0) is 14.0. The molecule has 6 heteroatoms. The molecule has 1 heterocycles. The standard InChI is InChI=1S/C13H13ClN2O3/c1-7-3-4-9-10(14)5-6-11(12(9)15-7)19-8(2)13(17)16-18/h3-6,8,18H,1-2H3,(H,16,17). The Balaban J connectivity index is 2.46. The summed E-state index contributed by atoms with van der Waals surface area (Å²) in [6.07, 6.45) is -0.836. The van der Waals surface area contributed by atoms with Crippen LogP contribution in [-0.2, 0) is 4.79 Å². The minimum Gasteiger partial charge on any atom is -0.479 e. The predicted molar refractivity (Wildman–Crippen MR) is 71.5 cm³/mol. The monoisotopic (exact) mass is 280 g/mol. The number of pyridine rings is 1. The van der Waals surface area contributed by atoms with Crippen LogP contribution < -0.4 is 10.2 Å². The van der Waals surface area contributed by atoms with Gasteiger partial charge in [-0.15, -0.1) is 0 Å². The third kappa shape index (κ3) is 2.77. The van der Waals surface area contributed by atoms with E-state index < -0.39 is 12.0 Å². The number of hydroxylamine groups is 1. The summed E-state index contributed by atoms with van der Waals surface area (Å²) in [5.41, 5.74) is 2.95. The van der Waals surface area contributed by atoms with Crippen LogP contribution in [0.4, 0.5) is 0 Å². The molecule has 2 N–H and O–H groups in total. The molecule has 1 unspecified atom stereocenters. The van der Waals surface area contributed by atoms with Crippen molar-refractivity contribution in [3.05, 3.63) is 35.0 Å². The summed E-state index contributed by atoms with van der Waals surface area (Å²) >= 11 is 6.09. The molecule has 2 rings (SSSR count). The number of fused-ring (bicyclic) bond motifs is 1. The van der Waals surface area contributed by atoms with Crippen molar-refractivity contribution >= 4 is 28.4 Å². The van der Waals surface area contributed by atoms with E-state index in [1.807, 2.05) is 19.1 Å². The van der Waals surface area contributed by atoms with Gasteiger partial charge in [0, 0.05) is 11.1 Å². The summed E-state index contributed by atoms with van der Waals surface area (Å²) in [6.45, 7) is 3.38. The van der Waals surface area contributed by atoms with Gasteiger partial charge in [-0.25, -0.2) is 10.5 Å². The van der Waals surface area contributed by atoms with Crippen molar-refractivity contribution in [2.24, 2.45) is 0 Å². The minimum atomic E-state index is -0.836. The molecular formula is C13H13ClN2O3. The van der Waals surface area contributed by atoms with Gasteiger partial charge in [0.2, 0.25) is 0 Å². The summed E-state index contributed by atoms with van der Waals surface area (Å²) in [5, 5.41) is 9.88. The van der Waals surface area contributed by atoms with Gasteiger partial charge in [0.15, 0.2) is 6.10 Å². The van der Waals surface area contributed by atoms with Gasteiger partial charge in [0.1, 0.15) is 11.3 Å². The lowest BCUT2D eigenvalue weighted by atomic mass is 10.2. The SMILES string of the molecule is Cc1ccc2c(Cl)ccc(OC(C)C(=O)NO)c2n1. The van der Waals surface area contributed by atoms with E-state index >= 15 is 0 Å². The molecule has 0 saturated carbocycles. The fourth-order valence-corrected chi connectivity index (χ4v) is 1.90. The number of carbonyl (C=O) groups excluding carboxylic acids is 1. The lowest BCUT2D eigenvalue weighted by molar-refractivity contribution is -0.135. The maximum absolute atomic E-state index is 11.3. The molecule has 0 fully saturated rings. The first-order chi connectivity index (χ1) is 9.02. The average Bonchev–Trinajstić information content (AvgIpc) is 2.40. The highest BCUT2D eigenvalue weighted by Crippen LogP contribution is 2.30. The zero-order valence-electron chi connectivity index (χ0n) is 10.5. The lowest BCUT2D eigenvalue weighted by Gasteiger charge is -2.14. The highest BCUT2D eigenvalue weighted by atomic mass is 35.5. The molecule has 0 aliphatic heterocycles. The van der Waals surface area contributed by atoms with Crippen molar-refractivity contribution in [3.8, 4) is 5.75 Å². The Morgan fingerprint density at radius 3 is 2.84 bits per heavy atom. The molecule has 1 atom stereocenters. The number of nitrogens with one attached hydrogen (secondary N) is 1. The number of rotatable bonds is 3. The van der Waals surface area contributed by atoms with E-state index in [0.717, 1.165) is 11.1 Å². The third-order valence-corrected chi connectivity index (χ3v) is 3.02. The number of aromatic nitrogens is 1. The van der Waals surface area contributed by atoms with E-state index in [2.05, 4.69) is 4.98 Å². The molecule has 2 aromatic rings. The first kappa shape index (κ1) is 13.6. The van der Waals surface area contributed by atoms with Gasteiger partial charge in [-0.05, 0) is 38.1 Å². The average molecular weight is 281 g/mol. The van der Waals surface area contributed by atoms with Crippen molar-refractivity contribution in [3.63, 3.8) is 0 Å². The maximum atomic E-state index is 11.3. The van der Waals surface area contributed by atoms with E-state index in [1.165, 1.54) is 6.92 Å². The van der Waals surface area contributed by atoms with Crippen LogP contribution in [0.25, 0.3) is 10.9 Å². The molecule has 1 aromatic heterocycles. The van der Waals surface area contributed by atoms with Gasteiger partial charge >= 0.3 is 0 Å². The fourth-order valence-electron chi connectivity index (χ4n) is 1.68. The summed E-state index contributed by atoms with van der Waals surface area (Å²) in [5.74, 6) is -0.185. The first-order valence-corrected chi connectivity index (χ1v) is 6.07. The third-order valence-electron chi connectivity index (χ3n) is 2.69. The van der Waals surface area contributed by atoms with E-state index in [9.17, 15) is 4.79 Å². The molecule has 0 bridgehead atoms. The smallest absolute Gasteiger partial charge is 0.284 e. The Morgan fingerprint density at radius 1 is 1.42 bits per heavy atom. The molecule has 19 heavy (non-hydrogen) atoms. The summed E-state index contributed by atoms with van der Waals surface area (Å²) in [7, 11) is 0. The van der Waals surface area contributed by atoms with Gasteiger partial charge < -0.3 is 4.74 Å². The number of benzene rings is 1. The van der Waals surface area contributed by atoms with Gasteiger partial charge in [0.25, 0.3) is 5.91 Å². The van der Waals surface area contributed by atoms with Crippen LogP contribution >= 0.6 is 11.6 Å². The molecule has 1 aromatic carbocycles. The van der Waals surface area contributed by atoms with E-state index in [0.29, 0.717) is 16.3 Å². The van der Waals surface area contributed by atoms with Gasteiger partial charge in [-0.3, -0.25) is 10.0 Å². The van der Waals surface area contributed by atoms with Gasteiger partial charge in [0.05, 0.1) is 5.02 Å². The second kappa shape index (κ2) is 5.42. The second-order valence-corrected chi connectivity index (χ2v) is 4.54. The van der Waals surface area contributed by atoms with Gasteiger partial charge in [-0.2, -0.15) is 0 Å².